The first-order chi connectivity index (χ1) is 12.5. The smallest absolute Gasteiger partial charge is 0.317 e. The van der Waals surface area contributed by atoms with Gasteiger partial charge in [-0.3, -0.25) is 24.2 Å². The number of rotatable bonds is 7. The molecule has 1 saturated carbocycles. The second-order valence-corrected chi connectivity index (χ2v) is 6.58. The Morgan fingerprint density at radius 3 is 2.77 bits per heavy atom. The molecule has 0 spiro atoms. The van der Waals surface area contributed by atoms with E-state index in [1.165, 1.54) is 4.90 Å². The highest BCUT2D eigenvalue weighted by atomic mass is 16.5. The molecule has 2 aliphatic rings. The number of aliphatic carboxylic acids is 1. The van der Waals surface area contributed by atoms with Crippen LogP contribution in [0.5, 0.6) is 5.75 Å². The molecular formula is C18H23N3O5. The van der Waals surface area contributed by atoms with Gasteiger partial charge < -0.3 is 15.2 Å². The van der Waals surface area contributed by atoms with Crippen LogP contribution < -0.4 is 15.0 Å². The Morgan fingerprint density at radius 2 is 2.08 bits per heavy atom. The van der Waals surface area contributed by atoms with Gasteiger partial charge in [-0.15, -0.1) is 0 Å². The monoisotopic (exact) mass is 361 g/mol. The SMILES string of the molecule is CCN(CC(=O)O)C1CC(NC(=O)CN2C(=O)COc3ccccc32)C1. The van der Waals surface area contributed by atoms with Crippen molar-refractivity contribution in [2.75, 3.05) is 31.1 Å². The number of fused-ring (bicyclic) bond motifs is 1. The Morgan fingerprint density at radius 1 is 1.35 bits per heavy atom. The summed E-state index contributed by atoms with van der Waals surface area (Å²) in [4.78, 5) is 38.6. The number of hydrogen-bond acceptors (Lipinski definition) is 5. The van der Waals surface area contributed by atoms with E-state index in [0.29, 0.717) is 18.0 Å². The van der Waals surface area contributed by atoms with Gasteiger partial charge in [-0.25, -0.2) is 0 Å². The number of likely N-dealkylation sites (N-methyl/N-ethyl adjacent to an activating group) is 1. The normalized spacial score (nSPS) is 21.6. The number of ether oxygens (including phenoxy) is 1. The van der Waals surface area contributed by atoms with Crippen LogP contribution in [-0.2, 0) is 14.4 Å². The highest BCUT2D eigenvalue weighted by Crippen LogP contribution is 2.31. The molecule has 26 heavy (non-hydrogen) atoms. The minimum atomic E-state index is -0.844. The lowest BCUT2D eigenvalue weighted by molar-refractivity contribution is -0.139. The molecule has 1 aliphatic carbocycles. The lowest BCUT2D eigenvalue weighted by Gasteiger charge is -2.42. The third-order valence-electron chi connectivity index (χ3n) is 4.85. The van der Waals surface area contributed by atoms with Crippen LogP contribution in [0.25, 0.3) is 0 Å². The van der Waals surface area contributed by atoms with E-state index in [-0.39, 0.29) is 43.6 Å². The number of nitrogens with zero attached hydrogens (tertiary/aromatic N) is 2. The van der Waals surface area contributed by atoms with Crippen molar-refractivity contribution >= 4 is 23.5 Å². The first kappa shape index (κ1) is 18.2. The Kier molecular flexibility index (Phi) is 5.41. The van der Waals surface area contributed by atoms with Crippen LogP contribution in [0.2, 0.25) is 0 Å². The summed E-state index contributed by atoms with van der Waals surface area (Å²) >= 11 is 0. The number of anilines is 1. The Hall–Kier alpha value is -2.61. The highest BCUT2D eigenvalue weighted by molar-refractivity contribution is 6.02. The molecule has 1 aromatic carbocycles. The maximum atomic E-state index is 12.3. The van der Waals surface area contributed by atoms with E-state index in [0.717, 1.165) is 12.8 Å². The van der Waals surface area contributed by atoms with Gasteiger partial charge in [0.2, 0.25) is 5.91 Å². The van der Waals surface area contributed by atoms with Crippen LogP contribution in [0.4, 0.5) is 5.69 Å². The van der Waals surface area contributed by atoms with Crippen molar-refractivity contribution < 1.29 is 24.2 Å². The van der Waals surface area contributed by atoms with Gasteiger partial charge in [0.25, 0.3) is 5.91 Å². The van der Waals surface area contributed by atoms with Crippen molar-refractivity contribution in [2.45, 2.75) is 31.8 Å². The lowest BCUT2D eigenvalue weighted by Crippen LogP contribution is -2.56. The summed E-state index contributed by atoms with van der Waals surface area (Å²) in [5.74, 6) is -0.719. The molecule has 0 unspecified atom stereocenters. The third-order valence-corrected chi connectivity index (χ3v) is 4.85. The van der Waals surface area contributed by atoms with Crippen molar-refractivity contribution in [1.29, 1.82) is 0 Å². The predicted molar refractivity (Wildman–Crippen MR) is 94.1 cm³/mol. The number of carboxylic acid groups (broad SMARTS) is 1. The number of nitrogens with one attached hydrogen (secondary N) is 1. The number of hydrogen-bond donors (Lipinski definition) is 2. The second-order valence-electron chi connectivity index (χ2n) is 6.58. The van der Waals surface area contributed by atoms with Gasteiger partial charge in [0.15, 0.2) is 6.61 Å². The average molecular weight is 361 g/mol. The van der Waals surface area contributed by atoms with E-state index in [9.17, 15) is 14.4 Å². The fourth-order valence-electron chi connectivity index (χ4n) is 3.42. The number of carboxylic acids is 1. The Labute approximate surface area is 151 Å². The van der Waals surface area contributed by atoms with Gasteiger partial charge >= 0.3 is 5.97 Å². The van der Waals surface area contributed by atoms with E-state index in [2.05, 4.69) is 5.32 Å². The second kappa shape index (κ2) is 7.74. The van der Waals surface area contributed by atoms with E-state index in [1.54, 1.807) is 18.2 Å². The molecule has 1 aromatic rings. The van der Waals surface area contributed by atoms with Gasteiger partial charge in [0.1, 0.15) is 12.3 Å². The Balaban J connectivity index is 1.51. The van der Waals surface area contributed by atoms with Gasteiger partial charge in [0.05, 0.1) is 12.2 Å². The van der Waals surface area contributed by atoms with Crippen molar-refractivity contribution in [1.82, 2.24) is 10.2 Å². The molecule has 1 heterocycles. The van der Waals surface area contributed by atoms with E-state index < -0.39 is 5.97 Å². The number of carbonyl (C=O) groups excluding carboxylic acids is 2. The quantitative estimate of drug-likeness (QED) is 0.732. The van der Waals surface area contributed by atoms with Crippen LogP contribution in [0.3, 0.4) is 0 Å². The summed E-state index contributed by atoms with van der Waals surface area (Å²) in [5.41, 5.74) is 0.601. The molecule has 140 valence electrons. The largest absolute Gasteiger partial charge is 0.482 e. The first-order valence-corrected chi connectivity index (χ1v) is 8.75. The zero-order valence-electron chi connectivity index (χ0n) is 14.7. The van der Waals surface area contributed by atoms with Crippen molar-refractivity contribution in [3.63, 3.8) is 0 Å². The van der Waals surface area contributed by atoms with Crippen molar-refractivity contribution in [2.24, 2.45) is 0 Å². The van der Waals surface area contributed by atoms with Crippen LogP contribution in [0, 0.1) is 0 Å². The van der Waals surface area contributed by atoms with E-state index in [1.807, 2.05) is 17.9 Å². The van der Waals surface area contributed by atoms with Crippen LogP contribution in [0.15, 0.2) is 24.3 Å². The fourth-order valence-corrected chi connectivity index (χ4v) is 3.42. The molecule has 8 heteroatoms. The molecule has 0 aromatic heterocycles. The minimum absolute atomic E-state index is 0.0148. The maximum Gasteiger partial charge on any atom is 0.317 e. The molecule has 0 radical (unpaired) electrons. The van der Waals surface area contributed by atoms with Gasteiger partial charge in [-0.2, -0.15) is 0 Å². The van der Waals surface area contributed by atoms with Crippen LogP contribution in [-0.4, -0.2) is 66.1 Å². The first-order valence-electron chi connectivity index (χ1n) is 8.75. The topological polar surface area (TPSA) is 99.2 Å². The molecule has 3 rings (SSSR count). The molecule has 0 saturated heterocycles. The molecule has 2 N–H and O–H groups in total. The molecular weight excluding hydrogens is 338 g/mol. The Bertz CT molecular complexity index is 702. The standard InChI is InChI=1S/C18H23N3O5/c1-2-20(10-18(24)25)13-7-12(8-13)19-16(22)9-21-14-5-3-4-6-15(14)26-11-17(21)23/h3-6,12-13H,2,7-11H2,1H3,(H,19,22)(H,24,25). The summed E-state index contributed by atoms with van der Waals surface area (Å²) in [6.45, 7) is 2.48. The molecule has 0 atom stereocenters. The van der Waals surface area contributed by atoms with Gasteiger partial charge in [0, 0.05) is 12.1 Å². The number of benzene rings is 1. The van der Waals surface area contributed by atoms with Gasteiger partial charge in [-0.1, -0.05) is 19.1 Å². The molecule has 2 amide bonds. The van der Waals surface area contributed by atoms with Crippen molar-refractivity contribution in [3.05, 3.63) is 24.3 Å². The summed E-state index contributed by atoms with van der Waals surface area (Å²) in [6, 6.07) is 7.32. The number of para-hydroxylation sites is 2. The van der Waals surface area contributed by atoms with E-state index >= 15 is 0 Å². The fraction of sp³-hybridized carbons (Fsp3) is 0.500. The van der Waals surface area contributed by atoms with E-state index in [4.69, 9.17) is 9.84 Å². The predicted octanol–water partition coefficient (Wildman–Crippen LogP) is 0.466. The lowest BCUT2D eigenvalue weighted by atomic mass is 9.85. The van der Waals surface area contributed by atoms with Gasteiger partial charge in [-0.05, 0) is 31.5 Å². The number of carbonyl (C=O) groups is 3. The summed E-state index contributed by atoms with van der Waals surface area (Å²) in [5, 5.41) is 11.9. The summed E-state index contributed by atoms with van der Waals surface area (Å²) in [6.07, 6.45) is 1.45. The molecule has 1 fully saturated rings. The van der Waals surface area contributed by atoms with Crippen LogP contribution >= 0.6 is 0 Å². The summed E-state index contributed by atoms with van der Waals surface area (Å²) in [7, 11) is 0. The molecule has 8 nitrogen and oxygen atoms in total. The summed E-state index contributed by atoms with van der Waals surface area (Å²) < 4.78 is 5.37. The molecule has 0 bridgehead atoms. The van der Waals surface area contributed by atoms with Crippen LogP contribution in [0.1, 0.15) is 19.8 Å². The number of amides is 2. The third kappa shape index (κ3) is 3.96. The van der Waals surface area contributed by atoms with Crippen molar-refractivity contribution in [3.8, 4) is 5.75 Å². The zero-order valence-corrected chi connectivity index (χ0v) is 14.7. The zero-order chi connectivity index (χ0) is 18.7. The maximum absolute atomic E-state index is 12.3. The minimum Gasteiger partial charge on any atom is -0.482 e. The molecule has 1 aliphatic heterocycles. The average Bonchev–Trinajstić information content (AvgIpc) is 2.58. The highest BCUT2D eigenvalue weighted by Gasteiger charge is 2.35.